The number of benzene rings is 1. The van der Waals surface area contributed by atoms with Gasteiger partial charge in [-0.3, -0.25) is 9.53 Å². The van der Waals surface area contributed by atoms with Crippen LogP contribution in [0, 0.1) is 0 Å². The first-order valence-electron chi connectivity index (χ1n) is 6.41. The van der Waals surface area contributed by atoms with Gasteiger partial charge < -0.3 is 4.74 Å². The Bertz CT molecular complexity index is 566. The van der Waals surface area contributed by atoms with Crippen molar-refractivity contribution < 1.29 is 27.4 Å². The molecule has 0 spiro atoms. The number of aryl methyl sites for hydroxylation is 1. The number of ether oxygens (including phenoxy) is 2. The molecule has 1 aromatic carbocycles. The first-order chi connectivity index (χ1) is 9.81. The monoisotopic (exact) mass is 300 g/mol. The molecule has 0 heterocycles. The second kappa shape index (κ2) is 5.52. The van der Waals surface area contributed by atoms with E-state index in [1.54, 1.807) is 12.1 Å². The number of ketones is 1. The topological polar surface area (TPSA) is 35.5 Å². The summed E-state index contributed by atoms with van der Waals surface area (Å²) in [6, 6.07) is 4.69. The summed E-state index contributed by atoms with van der Waals surface area (Å²) < 4.78 is 47.2. The van der Waals surface area contributed by atoms with Crippen LogP contribution < -0.4 is 4.74 Å². The molecule has 0 fully saturated rings. The van der Waals surface area contributed by atoms with Gasteiger partial charge in [-0.05, 0) is 36.6 Å². The minimum Gasteiger partial charge on any atom is -0.497 e. The van der Waals surface area contributed by atoms with Gasteiger partial charge in [-0.25, -0.2) is 0 Å². The van der Waals surface area contributed by atoms with Crippen LogP contribution in [0.15, 0.2) is 30.9 Å². The minimum absolute atomic E-state index is 0.0441. The van der Waals surface area contributed by atoms with Gasteiger partial charge in [0, 0.05) is 12.0 Å². The van der Waals surface area contributed by atoms with Crippen molar-refractivity contribution in [1.29, 1.82) is 0 Å². The third-order valence-corrected chi connectivity index (χ3v) is 3.55. The summed E-state index contributed by atoms with van der Waals surface area (Å²) in [5, 5.41) is 0. The summed E-state index contributed by atoms with van der Waals surface area (Å²) in [6.45, 7) is 3.43. The van der Waals surface area contributed by atoms with Gasteiger partial charge in [-0.1, -0.05) is 6.08 Å². The molecule has 1 aliphatic carbocycles. The van der Waals surface area contributed by atoms with Crippen molar-refractivity contribution in [2.75, 3.05) is 7.11 Å². The predicted molar refractivity (Wildman–Crippen MR) is 70.3 cm³/mol. The summed E-state index contributed by atoms with van der Waals surface area (Å²) in [4.78, 5) is 12.5. The number of alkyl halides is 3. The molecule has 1 aromatic rings. The second-order valence-corrected chi connectivity index (χ2v) is 4.89. The molecule has 21 heavy (non-hydrogen) atoms. The van der Waals surface area contributed by atoms with Gasteiger partial charge in [0.05, 0.1) is 7.11 Å². The predicted octanol–water partition coefficient (Wildman–Crippen LogP) is 3.68. The zero-order valence-electron chi connectivity index (χ0n) is 11.5. The average Bonchev–Trinajstić information content (AvgIpc) is 2.41. The highest BCUT2D eigenvalue weighted by Crippen LogP contribution is 2.39. The maximum atomic E-state index is 12.6. The minimum atomic E-state index is -4.87. The van der Waals surface area contributed by atoms with Crippen LogP contribution in [-0.2, 0) is 11.2 Å². The van der Waals surface area contributed by atoms with Crippen molar-refractivity contribution in [3.63, 3.8) is 0 Å². The number of hydrogen-bond donors (Lipinski definition) is 0. The molecule has 0 bridgehead atoms. The standard InChI is InChI=1S/C15H15F3O3/c1-3-7-14(21-15(16,17)18)8-6-10-9-11(20-2)4-5-12(10)13(14)19/h3-5,9H,1,6-8H2,2H3. The van der Waals surface area contributed by atoms with Crippen LogP contribution in [0.2, 0.25) is 0 Å². The number of halogens is 3. The fourth-order valence-electron chi connectivity index (χ4n) is 2.61. The first kappa shape index (κ1) is 15.6. The zero-order valence-corrected chi connectivity index (χ0v) is 11.5. The molecular weight excluding hydrogens is 285 g/mol. The number of carbonyl (C=O) groups is 1. The Balaban J connectivity index is 2.42. The molecule has 1 unspecified atom stereocenters. The maximum absolute atomic E-state index is 12.6. The van der Waals surface area contributed by atoms with Crippen molar-refractivity contribution in [3.05, 3.63) is 42.0 Å². The lowest BCUT2D eigenvalue weighted by Gasteiger charge is -2.36. The molecule has 6 heteroatoms. The fraction of sp³-hybridized carbons (Fsp3) is 0.400. The molecule has 1 atom stereocenters. The summed E-state index contributed by atoms with van der Waals surface area (Å²) in [5.41, 5.74) is -1.00. The van der Waals surface area contributed by atoms with E-state index in [2.05, 4.69) is 11.3 Å². The van der Waals surface area contributed by atoms with Crippen molar-refractivity contribution in [2.45, 2.75) is 31.2 Å². The molecule has 0 N–H and O–H groups in total. The number of hydrogen-bond acceptors (Lipinski definition) is 3. The smallest absolute Gasteiger partial charge is 0.497 e. The summed E-state index contributed by atoms with van der Waals surface area (Å²) in [7, 11) is 1.49. The summed E-state index contributed by atoms with van der Waals surface area (Å²) in [5.74, 6) is -0.0989. The Labute approximate surface area is 120 Å². The maximum Gasteiger partial charge on any atom is 0.523 e. The lowest BCUT2D eigenvalue weighted by molar-refractivity contribution is -0.357. The quantitative estimate of drug-likeness (QED) is 0.796. The number of fused-ring (bicyclic) bond motifs is 1. The normalized spacial score (nSPS) is 21.8. The highest BCUT2D eigenvalue weighted by atomic mass is 19.4. The molecule has 1 aliphatic rings. The fourth-order valence-corrected chi connectivity index (χ4v) is 2.61. The van der Waals surface area contributed by atoms with E-state index in [9.17, 15) is 18.0 Å². The molecule has 114 valence electrons. The van der Waals surface area contributed by atoms with Crippen molar-refractivity contribution >= 4 is 5.78 Å². The van der Waals surface area contributed by atoms with Crippen molar-refractivity contribution in [1.82, 2.24) is 0 Å². The van der Waals surface area contributed by atoms with Crippen LogP contribution in [-0.4, -0.2) is 24.9 Å². The highest BCUT2D eigenvalue weighted by Gasteiger charge is 2.50. The first-order valence-corrected chi connectivity index (χ1v) is 6.41. The number of methoxy groups -OCH3 is 1. The van der Waals surface area contributed by atoms with Gasteiger partial charge in [0.15, 0.2) is 5.78 Å². The Kier molecular flexibility index (Phi) is 4.09. The van der Waals surface area contributed by atoms with Crippen molar-refractivity contribution in [2.24, 2.45) is 0 Å². The highest BCUT2D eigenvalue weighted by molar-refractivity contribution is 6.05. The van der Waals surface area contributed by atoms with E-state index in [0.717, 1.165) is 0 Å². The van der Waals surface area contributed by atoms with E-state index < -0.39 is 17.7 Å². The van der Waals surface area contributed by atoms with Gasteiger partial charge >= 0.3 is 6.36 Å². The van der Waals surface area contributed by atoms with Gasteiger partial charge in [-0.15, -0.1) is 19.8 Å². The molecule has 0 amide bonds. The summed E-state index contributed by atoms with van der Waals surface area (Å²) in [6.07, 6.45) is -3.52. The Morgan fingerprint density at radius 3 is 2.71 bits per heavy atom. The molecule has 0 radical (unpaired) electrons. The Hall–Kier alpha value is -1.82. The van der Waals surface area contributed by atoms with Crippen molar-refractivity contribution in [3.8, 4) is 5.75 Å². The molecule has 0 saturated heterocycles. The Morgan fingerprint density at radius 2 is 2.14 bits per heavy atom. The second-order valence-electron chi connectivity index (χ2n) is 4.89. The van der Waals surface area contributed by atoms with Crippen LogP contribution in [0.3, 0.4) is 0 Å². The van der Waals surface area contributed by atoms with Gasteiger partial charge in [0.2, 0.25) is 0 Å². The van der Waals surface area contributed by atoms with E-state index in [4.69, 9.17) is 4.74 Å². The third kappa shape index (κ3) is 3.10. The van der Waals surface area contributed by atoms with Crippen LogP contribution in [0.25, 0.3) is 0 Å². The molecule has 0 aliphatic heterocycles. The van der Waals surface area contributed by atoms with E-state index in [0.29, 0.717) is 17.7 Å². The van der Waals surface area contributed by atoms with E-state index in [1.165, 1.54) is 19.3 Å². The largest absolute Gasteiger partial charge is 0.523 e. The van der Waals surface area contributed by atoms with E-state index in [1.807, 2.05) is 0 Å². The van der Waals surface area contributed by atoms with E-state index >= 15 is 0 Å². The van der Waals surface area contributed by atoms with E-state index in [-0.39, 0.29) is 18.4 Å². The SMILES string of the molecule is C=CCC1(OC(F)(F)F)CCc2cc(OC)ccc2C1=O. The molecule has 0 saturated carbocycles. The Morgan fingerprint density at radius 1 is 1.43 bits per heavy atom. The average molecular weight is 300 g/mol. The van der Waals surface area contributed by atoms with Crippen LogP contribution in [0.5, 0.6) is 5.75 Å². The van der Waals surface area contributed by atoms with Gasteiger partial charge in [0.1, 0.15) is 11.4 Å². The molecular formula is C15H15F3O3. The molecule has 2 rings (SSSR count). The number of Topliss-reactive ketones (excluding diaryl/α,β-unsaturated/α-hetero) is 1. The zero-order chi connectivity index (χ0) is 15.7. The summed E-state index contributed by atoms with van der Waals surface area (Å²) >= 11 is 0. The molecule has 0 aromatic heterocycles. The van der Waals surface area contributed by atoms with Crippen LogP contribution in [0.4, 0.5) is 13.2 Å². The van der Waals surface area contributed by atoms with Crippen LogP contribution >= 0.6 is 0 Å². The number of rotatable bonds is 4. The molecule has 3 nitrogen and oxygen atoms in total. The third-order valence-electron chi connectivity index (χ3n) is 3.55. The van der Waals surface area contributed by atoms with Gasteiger partial charge in [-0.2, -0.15) is 0 Å². The van der Waals surface area contributed by atoms with Gasteiger partial charge in [0.25, 0.3) is 0 Å². The van der Waals surface area contributed by atoms with Crippen LogP contribution in [0.1, 0.15) is 28.8 Å². The number of carbonyl (C=O) groups excluding carboxylic acids is 1. The lowest BCUT2D eigenvalue weighted by atomic mass is 9.77. The lowest BCUT2D eigenvalue weighted by Crippen LogP contribution is -2.48.